The number of nitrogens with two attached hydrogens (primary N) is 1. The molecule has 8 rings (SSSR count). The third-order valence-electron chi connectivity index (χ3n) is 12.0. The Morgan fingerprint density at radius 2 is 1.86 bits per heavy atom. The lowest BCUT2D eigenvalue weighted by atomic mass is 9.94. The summed E-state index contributed by atoms with van der Waals surface area (Å²) in [6, 6.07) is 6.26. The van der Waals surface area contributed by atoms with Crippen LogP contribution in [0.4, 0.5) is 20.3 Å². The number of nitrogens with one attached hydrogen (secondary N) is 1. The fraction of sp³-hybridized carbons (Fsp3) is 0.488. The summed E-state index contributed by atoms with van der Waals surface area (Å²) in [5, 5.41) is 4.92. The summed E-state index contributed by atoms with van der Waals surface area (Å²) in [6.45, 7) is 8.90. The van der Waals surface area contributed by atoms with Crippen molar-refractivity contribution in [2.75, 3.05) is 50.4 Å². The second-order valence-corrected chi connectivity index (χ2v) is 15.6. The minimum atomic E-state index is -0.696. The maximum Gasteiger partial charge on any atom is 0.519 e. The predicted molar refractivity (Wildman–Crippen MR) is 213 cm³/mol. The molecule has 3 N–H and O–H groups in total. The van der Waals surface area contributed by atoms with Gasteiger partial charge in [-0.2, -0.15) is 9.97 Å². The molecule has 3 aromatic heterocycles. The molecule has 2 aromatic carbocycles. The molecule has 0 saturated carbocycles. The van der Waals surface area contributed by atoms with Crippen molar-refractivity contribution in [3.8, 4) is 29.6 Å². The third kappa shape index (κ3) is 7.21. The van der Waals surface area contributed by atoms with Crippen LogP contribution in [0.5, 0.6) is 6.01 Å². The molecule has 0 radical (unpaired) electrons. The van der Waals surface area contributed by atoms with Gasteiger partial charge in [0.1, 0.15) is 29.5 Å². The average molecular weight is 766 g/mol. The lowest BCUT2D eigenvalue weighted by Crippen LogP contribution is -2.43. The van der Waals surface area contributed by atoms with E-state index in [0.29, 0.717) is 95.4 Å². The summed E-state index contributed by atoms with van der Waals surface area (Å²) in [5.41, 5.74) is 7.64. The Morgan fingerprint density at radius 3 is 2.62 bits per heavy atom. The van der Waals surface area contributed by atoms with E-state index in [1.54, 1.807) is 18.2 Å². The summed E-state index contributed by atoms with van der Waals surface area (Å²) in [7, 11) is 0. The van der Waals surface area contributed by atoms with Crippen LogP contribution >= 0.6 is 0 Å². The Morgan fingerprint density at radius 1 is 1.05 bits per heavy atom. The number of benzene rings is 2. The van der Waals surface area contributed by atoms with Gasteiger partial charge in [0.25, 0.3) is 0 Å². The van der Waals surface area contributed by atoms with Crippen molar-refractivity contribution in [2.24, 2.45) is 5.92 Å². The smallest absolute Gasteiger partial charge is 0.461 e. The number of aryl methyl sites for hydroxylation is 2. The zero-order valence-corrected chi connectivity index (χ0v) is 32.2. The molecule has 6 heterocycles. The lowest BCUT2D eigenvalue weighted by Gasteiger charge is -2.31. The van der Waals surface area contributed by atoms with Crippen LogP contribution in [0.25, 0.3) is 32.9 Å². The molecule has 0 aliphatic carbocycles. The van der Waals surface area contributed by atoms with Crippen LogP contribution in [0.1, 0.15) is 88.0 Å². The van der Waals surface area contributed by atoms with Gasteiger partial charge in [0, 0.05) is 42.7 Å². The molecule has 0 spiro atoms. The van der Waals surface area contributed by atoms with Crippen molar-refractivity contribution in [2.45, 2.75) is 90.1 Å². The number of halogens is 2. The monoisotopic (exact) mass is 765 g/mol. The van der Waals surface area contributed by atoms with E-state index < -0.39 is 17.5 Å². The van der Waals surface area contributed by atoms with Crippen LogP contribution < -0.4 is 21.6 Å². The van der Waals surface area contributed by atoms with E-state index in [4.69, 9.17) is 40.7 Å². The van der Waals surface area contributed by atoms with Gasteiger partial charge < -0.3 is 24.6 Å². The number of fused-ring (bicyclic) bond motifs is 2. The second kappa shape index (κ2) is 15.8. The van der Waals surface area contributed by atoms with Crippen molar-refractivity contribution in [3.63, 3.8) is 0 Å². The molecule has 1 unspecified atom stereocenters. The molecule has 294 valence electrons. The number of anilines is 2. The SMILES string of the molecule is C#Cc1c(F)ccc2cc(N)cc(-c3nc4c5c(nc(OCC67CCCN6CCC7)nc5c3F)NCCN(Cc3oc(=O)oc3CCC)CC(CC)CCC4)c12. The van der Waals surface area contributed by atoms with Crippen LogP contribution in [0, 0.1) is 29.9 Å². The maximum atomic E-state index is 17.4. The third-order valence-corrected chi connectivity index (χ3v) is 12.0. The Labute approximate surface area is 325 Å². The number of pyridine rings is 1. The second-order valence-electron chi connectivity index (χ2n) is 15.6. The summed E-state index contributed by atoms with van der Waals surface area (Å²) in [5.74, 6) is 2.39. The van der Waals surface area contributed by atoms with E-state index in [0.717, 1.165) is 71.0 Å². The number of aromatic nitrogens is 3. The Balaban J connectivity index is 1.24. The number of hydrogen-bond acceptors (Lipinski definition) is 11. The highest BCUT2D eigenvalue weighted by Crippen LogP contribution is 2.41. The van der Waals surface area contributed by atoms with E-state index in [1.165, 1.54) is 6.07 Å². The lowest BCUT2D eigenvalue weighted by molar-refractivity contribution is 0.108. The van der Waals surface area contributed by atoms with Crippen molar-refractivity contribution < 1.29 is 22.4 Å². The minimum absolute atomic E-state index is 0.00588. The van der Waals surface area contributed by atoms with Gasteiger partial charge in [-0.1, -0.05) is 32.3 Å². The fourth-order valence-electron chi connectivity index (χ4n) is 9.22. The van der Waals surface area contributed by atoms with Crippen molar-refractivity contribution in [3.05, 3.63) is 69.3 Å². The number of nitrogens with zero attached hydrogens (tertiary/aromatic N) is 5. The molecule has 3 aliphatic heterocycles. The van der Waals surface area contributed by atoms with E-state index in [9.17, 15) is 4.79 Å². The number of nitrogen functional groups attached to an aromatic ring is 1. The number of rotatable bonds is 9. The molecule has 11 nitrogen and oxygen atoms in total. The van der Waals surface area contributed by atoms with Crippen LogP contribution in [-0.2, 0) is 19.4 Å². The molecule has 0 bridgehead atoms. The van der Waals surface area contributed by atoms with E-state index in [1.807, 2.05) is 6.92 Å². The van der Waals surface area contributed by atoms with Gasteiger partial charge in [0.05, 0.1) is 28.7 Å². The maximum absolute atomic E-state index is 17.4. The molecule has 3 aliphatic rings. The topological polar surface area (TPSA) is 136 Å². The number of ether oxygens (including phenoxy) is 1. The molecule has 13 heteroatoms. The molecule has 0 amide bonds. The zero-order valence-electron chi connectivity index (χ0n) is 32.2. The fourth-order valence-corrected chi connectivity index (χ4v) is 9.22. The number of terminal acetylenes is 1. The normalized spacial score (nSPS) is 19.0. The largest absolute Gasteiger partial charge is 0.519 e. The molecule has 2 fully saturated rings. The van der Waals surface area contributed by atoms with E-state index in [-0.39, 0.29) is 28.3 Å². The van der Waals surface area contributed by atoms with Gasteiger partial charge in [0.15, 0.2) is 17.3 Å². The zero-order chi connectivity index (χ0) is 39.0. The van der Waals surface area contributed by atoms with Crippen molar-refractivity contribution in [1.82, 2.24) is 24.8 Å². The molecule has 5 aromatic rings. The highest BCUT2D eigenvalue weighted by Gasteiger charge is 2.45. The van der Waals surface area contributed by atoms with Crippen LogP contribution in [0.2, 0.25) is 0 Å². The van der Waals surface area contributed by atoms with Gasteiger partial charge in [-0.25, -0.2) is 18.6 Å². The van der Waals surface area contributed by atoms with Gasteiger partial charge in [0.2, 0.25) is 0 Å². The highest BCUT2D eigenvalue weighted by molar-refractivity contribution is 6.04. The molecule has 56 heavy (non-hydrogen) atoms. The first kappa shape index (κ1) is 37.8. The predicted octanol–water partition coefficient (Wildman–Crippen LogP) is 7.47. The summed E-state index contributed by atoms with van der Waals surface area (Å²) in [4.78, 5) is 31.6. The molecule has 1 atom stereocenters. The van der Waals surface area contributed by atoms with E-state index >= 15 is 8.78 Å². The van der Waals surface area contributed by atoms with Crippen molar-refractivity contribution in [1.29, 1.82) is 0 Å². The van der Waals surface area contributed by atoms with E-state index in [2.05, 4.69) is 28.0 Å². The van der Waals surface area contributed by atoms with Crippen LogP contribution in [0.3, 0.4) is 0 Å². The first-order valence-electron chi connectivity index (χ1n) is 20.0. The Hall–Kier alpha value is -5.06. The highest BCUT2D eigenvalue weighted by atomic mass is 19.1. The minimum Gasteiger partial charge on any atom is -0.461 e. The molecular weight excluding hydrogens is 717 g/mol. The quantitative estimate of drug-likeness (QED) is 0.114. The summed E-state index contributed by atoms with van der Waals surface area (Å²) < 4.78 is 50.0. The Bertz CT molecular complexity index is 2360. The van der Waals surface area contributed by atoms with Gasteiger partial charge in [-0.05, 0) is 94.0 Å². The first-order chi connectivity index (χ1) is 27.2. The summed E-state index contributed by atoms with van der Waals surface area (Å²) >= 11 is 0. The first-order valence-corrected chi connectivity index (χ1v) is 20.0. The molecular formula is C43H49F2N7O4. The van der Waals surface area contributed by atoms with Crippen molar-refractivity contribution >= 4 is 33.2 Å². The molecule has 2 saturated heterocycles. The standard InChI is InChI=1S/C43H49F2N7O4/c1-4-10-33-34(56-42(53)55-33)24-51-20-17-47-40-36-32(12-7-11-26(5-2)23-51)48-38(30-22-28(46)21-27-13-14-31(44)29(6-3)35(27)30)37(45)39(36)49-41(50-40)54-25-43-15-8-18-52(43)19-9-16-43/h3,13-14,21-22,26H,4-5,7-12,15-20,23-25,46H2,1-2H3,(H,47,49,50). The summed E-state index contributed by atoms with van der Waals surface area (Å²) in [6.07, 6.45) is 14.6. The van der Waals surface area contributed by atoms with Crippen LogP contribution in [-0.4, -0.2) is 69.6 Å². The van der Waals surface area contributed by atoms with Gasteiger partial charge >= 0.3 is 11.8 Å². The van der Waals surface area contributed by atoms with Crippen LogP contribution in [0.15, 0.2) is 37.9 Å². The Kier molecular flexibility index (Phi) is 10.7. The number of hydrogen-bond donors (Lipinski definition) is 2. The average Bonchev–Trinajstić information content (AvgIpc) is 3.87. The van der Waals surface area contributed by atoms with Gasteiger partial charge in [-0.3, -0.25) is 9.80 Å². The van der Waals surface area contributed by atoms with Gasteiger partial charge in [-0.15, -0.1) is 6.42 Å².